The predicted octanol–water partition coefficient (Wildman–Crippen LogP) is 1.79. The van der Waals surface area contributed by atoms with Crippen LogP contribution in [0.25, 0.3) is 0 Å². The summed E-state index contributed by atoms with van der Waals surface area (Å²) in [7, 11) is 0. The molecule has 1 N–H and O–H groups in total. The predicted molar refractivity (Wildman–Crippen MR) is 79.1 cm³/mol. The van der Waals surface area contributed by atoms with E-state index >= 15 is 0 Å². The number of likely N-dealkylation sites (tertiary alicyclic amines) is 1. The molecule has 114 valence electrons. The SMILES string of the molecule is O=C(Nc1nnc(CN2C(=O)CCC2=O)o1)c1ccc(Br)s1. The van der Waals surface area contributed by atoms with Crippen molar-refractivity contribution < 1.29 is 18.8 Å². The number of aromatic nitrogens is 2. The number of carbonyl (C=O) groups is 3. The molecule has 2 aromatic heterocycles. The van der Waals surface area contributed by atoms with Crippen LogP contribution in [-0.2, 0) is 16.1 Å². The van der Waals surface area contributed by atoms with E-state index in [9.17, 15) is 14.4 Å². The van der Waals surface area contributed by atoms with Gasteiger partial charge in [0.25, 0.3) is 5.91 Å². The van der Waals surface area contributed by atoms with Crippen LogP contribution in [0.5, 0.6) is 0 Å². The molecule has 0 saturated carbocycles. The summed E-state index contributed by atoms with van der Waals surface area (Å²) in [5.41, 5.74) is 0. The fourth-order valence-corrected chi connectivity index (χ4v) is 3.18. The van der Waals surface area contributed by atoms with Crippen molar-refractivity contribution >= 4 is 51.0 Å². The lowest BCUT2D eigenvalue weighted by Gasteiger charge is -2.09. The van der Waals surface area contributed by atoms with Gasteiger partial charge < -0.3 is 4.42 Å². The highest BCUT2D eigenvalue weighted by atomic mass is 79.9. The van der Waals surface area contributed by atoms with Gasteiger partial charge in [-0.05, 0) is 28.1 Å². The van der Waals surface area contributed by atoms with E-state index in [1.807, 2.05) is 0 Å². The molecule has 0 spiro atoms. The van der Waals surface area contributed by atoms with Crippen molar-refractivity contribution in [1.29, 1.82) is 0 Å². The standard InChI is InChI=1S/C12H9BrN4O4S/c13-7-2-1-6(22-7)11(20)14-12-16-15-8(21-12)5-17-9(18)3-4-10(17)19/h1-2H,3-5H2,(H,14,16,20). The maximum atomic E-state index is 11.9. The third-order valence-corrected chi connectivity index (χ3v) is 4.55. The summed E-state index contributed by atoms with van der Waals surface area (Å²) in [6.45, 7) is -0.0783. The molecule has 0 unspecified atom stereocenters. The number of amides is 3. The van der Waals surface area contributed by atoms with Crippen molar-refractivity contribution in [3.05, 3.63) is 26.7 Å². The van der Waals surface area contributed by atoms with E-state index in [0.717, 1.165) is 8.69 Å². The monoisotopic (exact) mass is 384 g/mol. The fraction of sp³-hybridized carbons (Fsp3) is 0.250. The van der Waals surface area contributed by atoms with Gasteiger partial charge in [0.15, 0.2) is 0 Å². The van der Waals surface area contributed by atoms with Crippen LogP contribution >= 0.6 is 27.3 Å². The Balaban J connectivity index is 1.65. The Bertz CT molecular complexity index is 740. The van der Waals surface area contributed by atoms with E-state index < -0.39 is 0 Å². The van der Waals surface area contributed by atoms with Gasteiger partial charge >= 0.3 is 6.01 Å². The van der Waals surface area contributed by atoms with E-state index in [4.69, 9.17) is 4.42 Å². The lowest BCUT2D eigenvalue weighted by molar-refractivity contribution is -0.139. The number of nitrogens with zero attached hydrogens (tertiary/aromatic N) is 3. The maximum absolute atomic E-state index is 11.9. The highest BCUT2D eigenvalue weighted by molar-refractivity contribution is 9.11. The third kappa shape index (κ3) is 3.07. The van der Waals surface area contributed by atoms with Crippen molar-refractivity contribution in [2.45, 2.75) is 19.4 Å². The second-order valence-corrected chi connectivity index (χ2v) is 6.90. The smallest absolute Gasteiger partial charge is 0.322 e. The molecule has 0 aromatic carbocycles. The highest BCUT2D eigenvalue weighted by Gasteiger charge is 2.30. The number of halogens is 1. The van der Waals surface area contributed by atoms with E-state index in [2.05, 4.69) is 31.4 Å². The van der Waals surface area contributed by atoms with Crippen molar-refractivity contribution in [3.63, 3.8) is 0 Å². The molecule has 1 saturated heterocycles. The van der Waals surface area contributed by atoms with Crippen molar-refractivity contribution in [2.75, 3.05) is 5.32 Å². The largest absolute Gasteiger partial charge is 0.406 e. The summed E-state index contributed by atoms with van der Waals surface area (Å²) < 4.78 is 6.06. The van der Waals surface area contributed by atoms with E-state index in [0.29, 0.717) is 4.88 Å². The maximum Gasteiger partial charge on any atom is 0.322 e. The second-order valence-electron chi connectivity index (χ2n) is 4.43. The summed E-state index contributed by atoms with van der Waals surface area (Å²) in [6.07, 6.45) is 0.396. The molecular formula is C12H9BrN4O4S. The number of rotatable bonds is 4. The molecule has 3 heterocycles. The van der Waals surface area contributed by atoms with Crippen molar-refractivity contribution in [3.8, 4) is 0 Å². The first kappa shape index (κ1) is 14.9. The molecule has 0 bridgehead atoms. The number of carbonyl (C=O) groups excluding carboxylic acids is 3. The van der Waals surface area contributed by atoms with Crippen LogP contribution in [0.2, 0.25) is 0 Å². The van der Waals surface area contributed by atoms with Gasteiger partial charge in [-0.15, -0.1) is 16.4 Å². The molecule has 10 heteroatoms. The van der Waals surface area contributed by atoms with Gasteiger partial charge in [-0.2, -0.15) is 0 Å². The molecule has 1 aliphatic heterocycles. The summed E-state index contributed by atoms with van der Waals surface area (Å²) in [6, 6.07) is 3.33. The number of thiophene rings is 1. The van der Waals surface area contributed by atoms with Gasteiger partial charge in [-0.1, -0.05) is 5.10 Å². The fourth-order valence-electron chi connectivity index (χ4n) is 1.90. The highest BCUT2D eigenvalue weighted by Crippen LogP contribution is 2.23. The number of anilines is 1. The summed E-state index contributed by atoms with van der Waals surface area (Å²) in [4.78, 5) is 36.5. The Morgan fingerprint density at radius 2 is 2.05 bits per heavy atom. The Hall–Kier alpha value is -2.07. The topological polar surface area (TPSA) is 105 Å². The van der Waals surface area contributed by atoms with Crippen molar-refractivity contribution in [1.82, 2.24) is 15.1 Å². The first-order chi connectivity index (χ1) is 10.5. The minimum atomic E-state index is -0.376. The summed E-state index contributed by atoms with van der Waals surface area (Å²) >= 11 is 4.53. The quantitative estimate of drug-likeness (QED) is 0.805. The zero-order chi connectivity index (χ0) is 15.7. The van der Waals surface area contributed by atoms with Crippen LogP contribution in [0, 0.1) is 0 Å². The normalized spacial score (nSPS) is 14.7. The summed E-state index contributed by atoms with van der Waals surface area (Å²) in [5, 5.41) is 9.85. The first-order valence-corrected chi connectivity index (χ1v) is 7.86. The lowest BCUT2D eigenvalue weighted by atomic mass is 10.4. The van der Waals surface area contributed by atoms with Gasteiger partial charge in [-0.3, -0.25) is 24.6 Å². The van der Waals surface area contributed by atoms with Crippen LogP contribution in [0.3, 0.4) is 0 Å². The molecule has 8 nitrogen and oxygen atoms in total. The Morgan fingerprint density at radius 3 is 2.68 bits per heavy atom. The zero-order valence-electron chi connectivity index (χ0n) is 11.0. The first-order valence-electron chi connectivity index (χ1n) is 6.25. The van der Waals surface area contributed by atoms with Crippen LogP contribution in [-0.4, -0.2) is 32.8 Å². The van der Waals surface area contributed by atoms with Gasteiger partial charge in [0.05, 0.1) is 8.66 Å². The number of hydrogen-bond donors (Lipinski definition) is 1. The molecular weight excluding hydrogens is 376 g/mol. The third-order valence-electron chi connectivity index (χ3n) is 2.93. The number of hydrogen-bond acceptors (Lipinski definition) is 7. The average Bonchev–Trinajstić information content (AvgIpc) is 3.17. The number of imide groups is 1. The molecule has 0 atom stereocenters. The van der Waals surface area contributed by atoms with Crippen LogP contribution in [0.15, 0.2) is 20.3 Å². The van der Waals surface area contributed by atoms with Crippen LogP contribution in [0.1, 0.15) is 28.4 Å². The second kappa shape index (κ2) is 5.97. The Morgan fingerprint density at radius 1 is 1.32 bits per heavy atom. The Labute approximate surface area is 136 Å². The average molecular weight is 385 g/mol. The van der Waals surface area contributed by atoms with E-state index in [1.165, 1.54) is 11.3 Å². The molecule has 0 aliphatic carbocycles. The zero-order valence-corrected chi connectivity index (χ0v) is 13.4. The molecule has 3 amide bonds. The molecule has 22 heavy (non-hydrogen) atoms. The van der Waals surface area contributed by atoms with Crippen LogP contribution < -0.4 is 5.32 Å². The number of nitrogens with one attached hydrogen (secondary N) is 1. The van der Waals surface area contributed by atoms with Gasteiger partial charge in [-0.25, -0.2) is 0 Å². The molecule has 0 radical (unpaired) electrons. The molecule has 2 aromatic rings. The van der Waals surface area contributed by atoms with Crippen LogP contribution in [0.4, 0.5) is 6.01 Å². The Kier molecular flexibility index (Phi) is 4.03. The lowest BCUT2D eigenvalue weighted by Crippen LogP contribution is -2.28. The summed E-state index contributed by atoms with van der Waals surface area (Å²) in [5.74, 6) is -0.820. The van der Waals surface area contributed by atoms with Gasteiger partial charge in [0.1, 0.15) is 6.54 Å². The van der Waals surface area contributed by atoms with Crippen molar-refractivity contribution in [2.24, 2.45) is 0 Å². The van der Waals surface area contributed by atoms with E-state index in [-0.39, 0.29) is 49.0 Å². The van der Waals surface area contributed by atoms with Gasteiger partial charge in [0.2, 0.25) is 17.7 Å². The van der Waals surface area contributed by atoms with E-state index in [1.54, 1.807) is 12.1 Å². The molecule has 1 fully saturated rings. The molecule has 3 rings (SSSR count). The molecule has 1 aliphatic rings. The minimum absolute atomic E-state index is 0.0783. The van der Waals surface area contributed by atoms with Gasteiger partial charge in [0, 0.05) is 12.8 Å². The minimum Gasteiger partial charge on any atom is -0.406 e.